The summed E-state index contributed by atoms with van der Waals surface area (Å²) in [6.07, 6.45) is -10.2. The summed E-state index contributed by atoms with van der Waals surface area (Å²) < 4.78 is 80.7. The molecule has 0 bridgehead atoms. The zero-order chi connectivity index (χ0) is 21.0. The maximum Gasteiger partial charge on any atom is 0.433 e. The van der Waals surface area contributed by atoms with Crippen molar-refractivity contribution in [2.24, 2.45) is 0 Å². The molecular formula is C16H10Cl2F6N4. The van der Waals surface area contributed by atoms with Gasteiger partial charge in [0.1, 0.15) is 17.2 Å². The number of halogens is 8. The monoisotopic (exact) mass is 442 g/mol. The van der Waals surface area contributed by atoms with Crippen molar-refractivity contribution in [3.8, 4) is 5.69 Å². The summed E-state index contributed by atoms with van der Waals surface area (Å²) in [6, 6.07) is 2.98. The summed E-state index contributed by atoms with van der Waals surface area (Å²) in [7, 11) is 1.29. The van der Waals surface area contributed by atoms with Gasteiger partial charge in [0.15, 0.2) is 5.65 Å². The third kappa shape index (κ3) is 3.35. The van der Waals surface area contributed by atoms with Crippen LogP contribution in [0.15, 0.2) is 18.2 Å². The van der Waals surface area contributed by atoms with E-state index >= 15 is 0 Å². The van der Waals surface area contributed by atoms with E-state index in [1.54, 1.807) is 13.0 Å². The molecule has 0 unspecified atom stereocenters. The van der Waals surface area contributed by atoms with Gasteiger partial charge in [-0.1, -0.05) is 29.3 Å². The first-order valence-corrected chi connectivity index (χ1v) is 8.32. The van der Waals surface area contributed by atoms with E-state index in [1.807, 2.05) is 0 Å². The molecule has 1 aromatic carbocycles. The first kappa shape index (κ1) is 20.5. The molecule has 3 rings (SSSR count). The van der Waals surface area contributed by atoms with Gasteiger partial charge < -0.3 is 5.32 Å². The maximum absolute atomic E-state index is 13.5. The molecule has 0 saturated carbocycles. The lowest BCUT2D eigenvalue weighted by Gasteiger charge is -2.14. The third-order valence-electron chi connectivity index (χ3n) is 3.95. The number of nitrogens with one attached hydrogen (secondary N) is 1. The number of pyridine rings is 1. The maximum atomic E-state index is 13.5. The number of aryl methyl sites for hydroxylation is 1. The molecule has 0 aliphatic rings. The Morgan fingerprint density at radius 2 is 1.68 bits per heavy atom. The van der Waals surface area contributed by atoms with E-state index in [9.17, 15) is 26.3 Å². The molecule has 0 aliphatic heterocycles. The fraction of sp³-hybridized carbons (Fsp3) is 0.250. The van der Waals surface area contributed by atoms with E-state index in [-0.39, 0.29) is 27.6 Å². The van der Waals surface area contributed by atoms with Crippen molar-refractivity contribution in [3.63, 3.8) is 0 Å². The standard InChI is InChI=1S/C16H10Cl2F6N4/c1-6-3-4-8(17)12(11(6)18)28-14(25-2)10-7(15(19,20)21)5-9(16(22,23)24)26-13(10)27-28/h3-5,25H,1-2H3. The van der Waals surface area contributed by atoms with Crippen LogP contribution in [0.1, 0.15) is 16.8 Å². The van der Waals surface area contributed by atoms with Gasteiger partial charge in [-0.15, -0.1) is 5.10 Å². The second kappa shape index (κ2) is 6.70. The van der Waals surface area contributed by atoms with Crippen LogP contribution in [0.5, 0.6) is 0 Å². The average Bonchev–Trinajstić information content (AvgIpc) is 2.94. The number of aromatic nitrogens is 3. The summed E-state index contributed by atoms with van der Waals surface area (Å²) in [5.41, 5.74) is -3.42. The van der Waals surface area contributed by atoms with Crippen LogP contribution >= 0.6 is 23.2 Å². The Balaban J connectivity index is 2.48. The molecule has 0 fully saturated rings. The molecular weight excluding hydrogens is 433 g/mol. The molecule has 4 nitrogen and oxygen atoms in total. The van der Waals surface area contributed by atoms with Gasteiger partial charge in [-0.2, -0.15) is 26.3 Å². The number of rotatable bonds is 2. The van der Waals surface area contributed by atoms with Crippen LogP contribution in [0.3, 0.4) is 0 Å². The molecule has 0 spiro atoms. The minimum Gasteiger partial charge on any atom is -0.372 e. The Hall–Kier alpha value is -2.20. The van der Waals surface area contributed by atoms with Crippen molar-refractivity contribution in [1.29, 1.82) is 0 Å². The molecule has 0 radical (unpaired) electrons. The molecule has 0 amide bonds. The van der Waals surface area contributed by atoms with Crippen LogP contribution in [0.25, 0.3) is 16.7 Å². The quantitative estimate of drug-likeness (QED) is 0.486. The molecule has 28 heavy (non-hydrogen) atoms. The number of hydrogen-bond donors (Lipinski definition) is 1. The zero-order valence-corrected chi connectivity index (χ0v) is 15.6. The zero-order valence-electron chi connectivity index (χ0n) is 14.1. The van der Waals surface area contributed by atoms with Gasteiger partial charge in [-0.3, -0.25) is 0 Å². The Labute approximate surface area is 164 Å². The summed E-state index contributed by atoms with van der Waals surface area (Å²) in [5, 5.41) is 5.86. The highest BCUT2D eigenvalue weighted by atomic mass is 35.5. The van der Waals surface area contributed by atoms with Crippen LogP contribution in [0.4, 0.5) is 32.2 Å². The SMILES string of the molecule is CNc1c2c(C(F)(F)F)cc(C(F)(F)F)nc2nn1-c1c(Cl)ccc(C)c1Cl. The van der Waals surface area contributed by atoms with E-state index in [4.69, 9.17) is 23.2 Å². The lowest BCUT2D eigenvalue weighted by molar-refractivity contribution is -0.144. The van der Waals surface area contributed by atoms with Crippen LogP contribution in [0.2, 0.25) is 10.0 Å². The van der Waals surface area contributed by atoms with Crippen molar-refractivity contribution in [3.05, 3.63) is 45.1 Å². The van der Waals surface area contributed by atoms with Crippen LogP contribution in [-0.2, 0) is 12.4 Å². The highest BCUT2D eigenvalue weighted by molar-refractivity contribution is 6.38. The third-order valence-corrected chi connectivity index (χ3v) is 4.73. The second-order valence-corrected chi connectivity index (χ2v) is 6.57. The van der Waals surface area contributed by atoms with Crippen molar-refractivity contribution in [2.75, 3.05) is 12.4 Å². The largest absolute Gasteiger partial charge is 0.433 e. The molecule has 12 heteroatoms. The number of benzene rings is 1. The lowest BCUT2D eigenvalue weighted by Crippen LogP contribution is -2.13. The molecule has 0 aliphatic carbocycles. The average molecular weight is 443 g/mol. The minimum atomic E-state index is -5.09. The molecule has 2 heterocycles. The number of nitrogens with zero attached hydrogens (tertiary/aromatic N) is 3. The Morgan fingerprint density at radius 1 is 1.04 bits per heavy atom. The van der Waals surface area contributed by atoms with Crippen LogP contribution in [-0.4, -0.2) is 21.8 Å². The fourth-order valence-electron chi connectivity index (χ4n) is 2.69. The van der Waals surface area contributed by atoms with Gasteiger partial charge in [0, 0.05) is 7.05 Å². The van der Waals surface area contributed by atoms with Crippen LogP contribution in [0, 0.1) is 6.92 Å². The molecule has 0 saturated heterocycles. The van der Waals surface area contributed by atoms with Gasteiger partial charge >= 0.3 is 12.4 Å². The number of anilines is 1. The summed E-state index contributed by atoms with van der Waals surface area (Å²) in [4.78, 5) is 3.27. The Kier molecular flexibility index (Phi) is 4.91. The summed E-state index contributed by atoms with van der Waals surface area (Å²) in [5.74, 6) is -0.252. The molecule has 2 aromatic heterocycles. The highest BCUT2D eigenvalue weighted by Crippen LogP contribution is 2.43. The van der Waals surface area contributed by atoms with Gasteiger partial charge in [0.25, 0.3) is 0 Å². The van der Waals surface area contributed by atoms with Crippen molar-refractivity contribution in [2.45, 2.75) is 19.3 Å². The molecule has 3 aromatic rings. The summed E-state index contributed by atoms with van der Waals surface area (Å²) in [6.45, 7) is 1.63. The van der Waals surface area contributed by atoms with E-state index in [0.717, 1.165) is 4.68 Å². The van der Waals surface area contributed by atoms with Gasteiger partial charge in [0.05, 0.1) is 21.0 Å². The van der Waals surface area contributed by atoms with Crippen LogP contribution < -0.4 is 5.32 Å². The van der Waals surface area contributed by atoms with Crippen molar-refractivity contribution < 1.29 is 26.3 Å². The van der Waals surface area contributed by atoms with E-state index in [1.165, 1.54) is 13.1 Å². The smallest absolute Gasteiger partial charge is 0.372 e. The molecule has 150 valence electrons. The first-order chi connectivity index (χ1) is 12.9. The van der Waals surface area contributed by atoms with Gasteiger partial charge in [-0.25, -0.2) is 9.67 Å². The van der Waals surface area contributed by atoms with E-state index in [0.29, 0.717) is 5.56 Å². The predicted molar refractivity (Wildman–Crippen MR) is 93.2 cm³/mol. The summed E-state index contributed by atoms with van der Waals surface area (Å²) >= 11 is 12.4. The van der Waals surface area contributed by atoms with E-state index in [2.05, 4.69) is 15.4 Å². The second-order valence-electron chi connectivity index (χ2n) is 5.79. The molecule has 1 N–H and O–H groups in total. The Bertz CT molecular complexity index is 1070. The lowest BCUT2D eigenvalue weighted by atomic mass is 10.1. The highest BCUT2D eigenvalue weighted by Gasteiger charge is 2.41. The van der Waals surface area contributed by atoms with Crippen molar-refractivity contribution >= 4 is 40.1 Å². The molecule has 0 atom stereocenters. The Morgan fingerprint density at radius 3 is 2.21 bits per heavy atom. The predicted octanol–water partition coefficient (Wildman–Crippen LogP) is 6.12. The minimum absolute atomic E-state index is 0.0207. The van der Waals surface area contributed by atoms with Gasteiger partial charge in [0.2, 0.25) is 0 Å². The first-order valence-electron chi connectivity index (χ1n) is 7.57. The number of alkyl halides is 6. The topological polar surface area (TPSA) is 42.7 Å². The van der Waals surface area contributed by atoms with E-state index < -0.39 is 34.6 Å². The normalized spacial score (nSPS) is 12.6. The number of fused-ring (bicyclic) bond motifs is 1. The number of hydrogen-bond acceptors (Lipinski definition) is 3. The fourth-order valence-corrected chi connectivity index (χ4v) is 3.22. The van der Waals surface area contributed by atoms with Crippen molar-refractivity contribution in [1.82, 2.24) is 14.8 Å². The van der Waals surface area contributed by atoms with Gasteiger partial charge in [-0.05, 0) is 24.6 Å².